The normalized spacial score (nSPS) is 15.4. The van der Waals surface area contributed by atoms with E-state index in [0.717, 1.165) is 11.9 Å². The van der Waals surface area contributed by atoms with E-state index in [1.165, 1.54) is 4.31 Å². The van der Waals surface area contributed by atoms with Gasteiger partial charge in [-0.15, -0.1) is 0 Å². The van der Waals surface area contributed by atoms with Crippen LogP contribution in [0.3, 0.4) is 0 Å². The van der Waals surface area contributed by atoms with E-state index in [1.54, 1.807) is 39.1 Å². The molecule has 1 aliphatic rings. The largest absolute Gasteiger partial charge is 0.425 e. The first-order valence-corrected chi connectivity index (χ1v) is 9.01. The number of Topliss-reactive ketones (excluding diaryl/α,β-unsaturated/α-hetero) is 1. The Bertz CT molecular complexity index is 626. The minimum absolute atomic E-state index is 0.0744. The number of amides is 1. The van der Waals surface area contributed by atoms with Crippen LogP contribution in [0, 0.1) is 5.92 Å². The summed E-state index contributed by atoms with van der Waals surface area (Å²) in [6.45, 7) is 8.32. The number of hydrogen-bond acceptors (Lipinski definition) is 6. The Kier molecular flexibility index (Phi) is 6.48. The summed E-state index contributed by atoms with van der Waals surface area (Å²) in [5.74, 6) is 0.356. The zero-order chi connectivity index (χ0) is 18.6. The van der Waals surface area contributed by atoms with E-state index >= 15 is 0 Å². The molecule has 1 amide bonds. The van der Waals surface area contributed by atoms with Crippen LogP contribution in [-0.4, -0.2) is 41.2 Å². The van der Waals surface area contributed by atoms with Gasteiger partial charge in [0.05, 0.1) is 23.5 Å². The fourth-order valence-corrected chi connectivity index (χ4v) is 3.71. The lowest BCUT2D eigenvalue weighted by atomic mass is 9.98. The zero-order valence-corrected chi connectivity index (χ0v) is 16.1. The molecule has 0 atom stereocenters. The van der Waals surface area contributed by atoms with Gasteiger partial charge in [-0.3, -0.25) is 9.10 Å². The summed E-state index contributed by atoms with van der Waals surface area (Å²) >= 11 is 1.15. The number of benzene rings is 1. The Morgan fingerprint density at radius 3 is 2.44 bits per heavy atom. The summed E-state index contributed by atoms with van der Waals surface area (Å²) in [6.07, 6.45) is -1.08. The first kappa shape index (κ1) is 19.8. The lowest BCUT2D eigenvalue weighted by Gasteiger charge is -2.28. The van der Waals surface area contributed by atoms with Crippen molar-refractivity contribution in [2.45, 2.75) is 38.7 Å². The molecule has 1 aromatic carbocycles. The van der Waals surface area contributed by atoms with Gasteiger partial charge in [0, 0.05) is 13.0 Å². The summed E-state index contributed by atoms with van der Waals surface area (Å²) in [5.41, 5.74) is 0.671. The number of hydrogen-bond donors (Lipinski definition) is 0. The molecule has 7 heteroatoms. The third-order valence-electron chi connectivity index (χ3n) is 3.73. The number of ketones is 1. The van der Waals surface area contributed by atoms with Crippen LogP contribution < -0.4 is 4.74 Å². The first-order chi connectivity index (χ1) is 11.7. The number of ether oxygens (including phenoxy) is 3. The maximum atomic E-state index is 12.4. The molecule has 0 aromatic heterocycles. The van der Waals surface area contributed by atoms with Gasteiger partial charge in [0.2, 0.25) is 0 Å². The van der Waals surface area contributed by atoms with E-state index in [2.05, 4.69) is 0 Å². The van der Waals surface area contributed by atoms with Gasteiger partial charge in [-0.05, 0) is 31.9 Å². The van der Waals surface area contributed by atoms with Crippen LogP contribution in [0.2, 0.25) is 0 Å². The molecular weight excluding hydrogens is 342 g/mol. The standard InChI is InChI=1S/C18H25NO5S/c1-12(2)15(20)18(3,4)25-19(5)17(21)24-14-9-7-6-8-13(14)16-22-10-11-23-16/h6-9,12,16H,10-11H2,1-5H3. The van der Waals surface area contributed by atoms with Crippen molar-refractivity contribution >= 4 is 23.8 Å². The average molecular weight is 367 g/mol. The molecule has 1 saturated heterocycles. The van der Waals surface area contributed by atoms with Gasteiger partial charge >= 0.3 is 6.09 Å². The van der Waals surface area contributed by atoms with Gasteiger partial charge < -0.3 is 14.2 Å². The van der Waals surface area contributed by atoms with E-state index in [0.29, 0.717) is 24.5 Å². The molecule has 1 aromatic rings. The molecule has 0 unspecified atom stereocenters. The molecule has 0 N–H and O–H groups in total. The Morgan fingerprint density at radius 2 is 1.84 bits per heavy atom. The van der Waals surface area contributed by atoms with Crippen LogP contribution in [0.1, 0.15) is 39.5 Å². The van der Waals surface area contributed by atoms with Crippen molar-refractivity contribution < 1.29 is 23.8 Å². The van der Waals surface area contributed by atoms with Gasteiger partial charge in [-0.2, -0.15) is 0 Å². The van der Waals surface area contributed by atoms with Crippen molar-refractivity contribution in [2.75, 3.05) is 20.3 Å². The van der Waals surface area contributed by atoms with Crippen molar-refractivity contribution in [3.63, 3.8) is 0 Å². The summed E-state index contributed by atoms with van der Waals surface area (Å²) in [6, 6.07) is 7.11. The molecule has 0 bridgehead atoms. The molecule has 138 valence electrons. The van der Waals surface area contributed by atoms with E-state index < -0.39 is 17.1 Å². The SMILES string of the molecule is CC(C)C(=O)C(C)(C)SN(C)C(=O)Oc1ccccc1C1OCCO1. The van der Waals surface area contributed by atoms with Crippen molar-refractivity contribution in [1.29, 1.82) is 0 Å². The molecule has 1 fully saturated rings. The van der Waals surface area contributed by atoms with E-state index in [1.807, 2.05) is 19.9 Å². The smallest absolute Gasteiger partial charge is 0.409 e. The number of rotatable bonds is 6. The Hall–Kier alpha value is -1.57. The Labute approximate surface area is 152 Å². The summed E-state index contributed by atoms with van der Waals surface area (Å²) in [4.78, 5) is 24.7. The highest BCUT2D eigenvalue weighted by atomic mass is 32.2. The molecule has 0 spiro atoms. The lowest BCUT2D eigenvalue weighted by Crippen LogP contribution is -2.37. The zero-order valence-electron chi connectivity index (χ0n) is 15.3. The van der Waals surface area contributed by atoms with Crippen molar-refractivity contribution in [3.8, 4) is 5.75 Å². The van der Waals surface area contributed by atoms with Crippen molar-refractivity contribution in [1.82, 2.24) is 4.31 Å². The van der Waals surface area contributed by atoms with E-state index in [4.69, 9.17) is 14.2 Å². The second kappa shape index (κ2) is 8.21. The predicted octanol–water partition coefficient (Wildman–Crippen LogP) is 3.81. The van der Waals surface area contributed by atoms with E-state index in [-0.39, 0.29) is 11.7 Å². The van der Waals surface area contributed by atoms with Gasteiger partial charge in [0.1, 0.15) is 5.75 Å². The van der Waals surface area contributed by atoms with E-state index in [9.17, 15) is 9.59 Å². The minimum atomic E-state index is -0.723. The number of carbonyl (C=O) groups is 2. The highest BCUT2D eigenvalue weighted by molar-refractivity contribution is 7.99. The van der Waals surface area contributed by atoms with Crippen LogP contribution in [-0.2, 0) is 14.3 Å². The molecular formula is C18H25NO5S. The Morgan fingerprint density at radius 1 is 1.24 bits per heavy atom. The van der Waals surface area contributed by atoms with Crippen LogP contribution in [0.4, 0.5) is 4.79 Å². The minimum Gasteiger partial charge on any atom is -0.409 e. The Balaban J connectivity index is 2.05. The predicted molar refractivity (Wildman–Crippen MR) is 96.4 cm³/mol. The molecule has 0 radical (unpaired) electrons. The van der Waals surface area contributed by atoms with Crippen LogP contribution >= 0.6 is 11.9 Å². The summed E-state index contributed by atoms with van der Waals surface area (Å²) in [5, 5.41) is 0. The molecule has 1 heterocycles. The molecule has 0 aliphatic carbocycles. The monoisotopic (exact) mass is 367 g/mol. The first-order valence-electron chi connectivity index (χ1n) is 8.23. The topological polar surface area (TPSA) is 65.1 Å². The number of para-hydroxylation sites is 1. The fourth-order valence-electron chi connectivity index (χ4n) is 2.58. The van der Waals surface area contributed by atoms with Gasteiger partial charge in [-0.25, -0.2) is 4.79 Å². The highest BCUT2D eigenvalue weighted by Crippen LogP contribution is 2.34. The average Bonchev–Trinajstić information content (AvgIpc) is 3.08. The number of carbonyl (C=O) groups excluding carboxylic acids is 2. The van der Waals surface area contributed by atoms with Crippen molar-refractivity contribution in [3.05, 3.63) is 29.8 Å². The maximum Gasteiger partial charge on any atom is 0.425 e. The third kappa shape index (κ3) is 4.96. The quantitative estimate of drug-likeness (QED) is 0.712. The molecule has 6 nitrogen and oxygen atoms in total. The highest BCUT2D eigenvalue weighted by Gasteiger charge is 2.34. The fraction of sp³-hybridized carbons (Fsp3) is 0.556. The van der Waals surface area contributed by atoms with Crippen molar-refractivity contribution in [2.24, 2.45) is 5.92 Å². The maximum absolute atomic E-state index is 12.4. The molecule has 0 saturated carbocycles. The molecule has 1 aliphatic heterocycles. The molecule has 25 heavy (non-hydrogen) atoms. The second-order valence-electron chi connectivity index (χ2n) is 6.60. The lowest BCUT2D eigenvalue weighted by molar-refractivity contribution is -0.123. The van der Waals surface area contributed by atoms with Crippen LogP contribution in [0.15, 0.2) is 24.3 Å². The van der Waals surface area contributed by atoms with Gasteiger partial charge in [0.25, 0.3) is 0 Å². The molecule has 2 rings (SSSR count). The second-order valence-corrected chi connectivity index (χ2v) is 8.35. The van der Waals surface area contributed by atoms with Gasteiger partial charge in [0.15, 0.2) is 12.1 Å². The van der Waals surface area contributed by atoms with Crippen LogP contribution in [0.5, 0.6) is 5.75 Å². The summed E-state index contributed by atoms with van der Waals surface area (Å²) < 4.78 is 17.1. The van der Waals surface area contributed by atoms with Gasteiger partial charge in [-0.1, -0.05) is 32.0 Å². The number of nitrogens with zero attached hydrogens (tertiary/aromatic N) is 1. The van der Waals surface area contributed by atoms with Crippen LogP contribution in [0.25, 0.3) is 0 Å². The summed E-state index contributed by atoms with van der Waals surface area (Å²) in [7, 11) is 1.59. The third-order valence-corrected chi connectivity index (χ3v) is 4.81.